The Hall–Kier alpha value is -2.10. The summed E-state index contributed by atoms with van der Waals surface area (Å²) in [5, 5.41) is 3.07. The number of nitrogens with zero attached hydrogens (tertiary/aromatic N) is 2. The minimum Gasteiger partial charge on any atom is -0.491 e. The van der Waals surface area contributed by atoms with Gasteiger partial charge in [-0.1, -0.05) is 12.1 Å². The molecular weight excluding hydrogens is 238 g/mol. The summed E-state index contributed by atoms with van der Waals surface area (Å²) in [4.78, 5) is 8.52. The van der Waals surface area contributed by atoms with Gasteiger partial charge in [-0.3, -0.25) is 0 Å². The quantitative estimate of drug-likeness (QED) is 0.892. The minimum atomic E-state index is 0.189. The maximum Gasteiger partial charge on any atom is 0.222 e. The average molecular weight is 257 g/mol. The van der Waals surface area contributed by atoms with Crippen molar-refractivity contribution in [3.05, 3.63) is 36.7 Å². The molecule has 0 spiro atoms. The second-order valence-corrected chi connectivity index (χ2v) is 4.52. The molecule has 0 fully saturated rings. The van der Waals surface area contributed by atoms with Crippen LogP contribution in [0.2, 0.25) is 0 Å². The highest BCUT2D eigenvalue weighted by Crippen LogP contribution is 2.22. The number of benzene rings is 1. The number of hydrogen-bond donors (Lipinski definition) is 1. The van der Waals surface area contributed by atoms with Gasteiger partial charge in [0.2, 0.25) is 5.95 Å². The summed E-state index contributed by atoms with van der Waals surface area (Å²) in [6, 6.07) is 7.97. The van der Waals surface area contributed by atoms with E-state index < -0.39 is 0 Å². The van der Waals surface area contributed by atoms with E-state index >= 15 is 0 Å². The van der Waals surface area contributed by atoms with Crippen molar-refractivity contribution in [1.82, 2.24) is 9.97 Å². The van der Waals surface area contributed by atoms with E-state index in [-0.39, 0.29) is 6.10 Å². The van der Waals surface area contributed by atoms with E-state index in [4.69, 9.17) is 4.74 Å². The Bertz CT molecular complexity index is 506. The van der Waals surface area contributed by atoms with Crippen LogP contribution in [0.3, 0.4) is 0 Å². The molecule has 0 saturated heterocycles. The number of aromatic nitrogens is 2. The first-order valence-electron chi connectivity index (χ1n) is 6.52. The maximum absolute atomic E-state index is 5.61. The maximum atomic E-state index is 5.61. The van der Waals surface area contributed by atoms with E-state index in [1.807, 2.05) is 57.4 Å². The van der Waals surface area contributed by atoms with Crippen molar-refractivity contribution in [3.8, 4) is 16.9 Å². The molecule has 1 N–H and O–H groups in total. The van der Waals surface area contributed by atoms with E-state index in [9.17, 15) is 0 Å². The molecule has 4 heteroatoms. The summed E-state index contributed by atoms with van der Waals surface area (Å²) in [7, 11) is 0. The number of rotatable bonds is 5. The van der Waals surface area contributed by atoms with Crippen LogP contribution in [0.1, 0.15) is 20.8 Å². The number of hydrogen-bond acceptors (Lipinski definition) is 4. The predicted octanol–water partition coefficient (Wildman–Crippen LogP) is 3.36. The Labute approximate surface area is 113 Å². The summed E-state index contributed by atoms with van der Waals surface area (Å²) in [6.45, 7) is 6.87. The van der Waals surface area contributed by atoms with Crippen LogP contribution in [0.15, 0.2) is 36.7 Å². The summed E-state index contributed by atoms with van der Waals surface area (Å²) >= 11 is 0. The van der Waals surface area contributed by atoms with Crippen LogP contribution < -0.4 is 10.1 Å². The lowest BCUT2D eigenvalue weighted by atomic mass is 10.1. The van der Waals surface area contributed by atoms with Crippen molar-refractivity contribution >= 4 is 5.95 Å². The first kappa shape index (κ1) is 13.3. The fourth-order valence-electron chi connectivity index (χ4n) is 1.72. The lowest BCUT2D eigenvalue weighted by Crippen LogP contribution is -2.05. The van der Waals surface area contributed by atoms with Crippen LogP contribution in [-0.4, -0.2) is 22.6 Å². The standard InChI is InChI=1S/C15H19N3O/c1-4-16-15-17-9-13(10-18-15)12-5-7-14(8-6-12)19-11(2)3/h5-11H,4H2,1-3H3,(H,16,17,18). The second kappa shape index (κ2) is 6.18. The van der Waals surface area contributed by atoms with E-state index in [0.717, 1.165) is 23.4 Å². The molecule has 0 aliphatic heterocycles. The molecule has 2 rings (SSSR count). The molecule has 0 aliphatic carbocycles. The zero-order valence-electron chi connectivity index (χ0n) is 11.6. The highest BCUT2D eigenvalue weighted by Gasteiger charge is 2.02. The van der Waals surface area contributed by atoms with Gasteiger partial charge in [0.15, 0.2) is 0 Å². The second-order valence-electron chi connectivity index (χ2n) is 4.52. The molecule has 0 radical (unpaired) electrons. The van der Waals surface area contributed by atoms with Gasteiger partial charge in [-0.25, -0.2) is 9.97 Å². The largest absolute Gasteiger partial charge is 0.491 e. The Morgan fingerprint density at radius 1 is 1.05 bits per heavy atom. The van der Waals surface area contributed by atoms with Crippen LogP contribution >= 0.6 is 0 Å². The smallest absolute Gasteiger partial charge is 0.222 e. The van der Waals surface area contributed by atoms with Crippen LogP contribution in [0, 0.1) is 0 Å². The van der Waals surface area contributed by atoms with Gasteiger partial charge in [0.25, 0.3) is 0 Å². The molecule has 0 bridgehead atoms. The first-order chi connectivity index (χ1) is 9.19. The van der Waals surface area contributed by atoms with Gasteiger partial charge < -0.3 is 10.1 Å². The van der Waals surface area contributed by atoms with Gasteiger partial charge in [0.1, 0.15) is 5.75 Å². The normalized spacial score (nSPS) is 10.5. The summed E-state index contributed by atoms with van der Waals surface area (Å²) in [5.74, 6) is 1.54. The molecular formula is C15H19N3O. The first-order valence-corrected chi connectivity index (χ1v) is 6.52. The third kappa shape index (κ3) is 3.68. The van der Waals surface area contributed by atoms with Crippen molar-refractivity contribution in [2.24, 2.45) is 0 Å². The Balaban J connectivity index is 2.13. The molecule has 0 aliphatic rings. The zero-order valence-corrected chi connectivity index (χ0v) is 11.6. The van der Waals surface area contributed by atoms with Crippen molar-refractivity contribution < 1.29 is 4.74 Å². The van der Waals surface area contributed by atoms with E-state index in [0.29, 0.717) is 5.95 Å². The topological polar surface area (TPSA) is 47.0 Å². The highest BCUT2D eigenvalue weighted by molar-refractivity contribution is 5.62. The minimum absolute atomic E-state index is 0.189. The van der Waals surface area contributed by atoms with Crippen molar-refractivity contribution in [3.63, 3.8) is 0 Å². The third-order valence-electron chi connectivity index (χ3n) is 2.55. The van der Waals surface area contributed by atoms with Crippen LogP contribution in [-0.2, 0) is 0 Å². The van der Waals surface area contributed by atoms with Crippen molar-refractivity contribution in [2.75, 3.05) is 11.9 Å². The Morgan fingerprint density at radius 3 is 2.21 bits per heavy atom. The SMILES string of the molecule is CCNc1ncc(-c2ccc(OC(C)C)cc2)cn1. The van der Waals surface area contributed by atoms with Gasteiger partial charge in [0.05, 0.1) is 6.10 Å². The molecule has 19 heavy (non-hydrogen) atoms. The fraction of sp³-hybridized carbons (Fsp3) is 0.333. The number of nitrogens with one attached hydrogen (secondary N) is 1. The third-order valence-corrected chi connectivity index (χ3v) is 2.55. The molecule has 0 atom stereocenters. The molecule has 2 aromatic rings. The summed E-state index contributed by atoms with van der Waals surface area (Å²) < 4.78 is 5.61. The molecule has 4 nitrogen and oxygen atoms in total. The van der Waals surface area contributed by atoms with Crippen LogP contribution in [0.4, 0.5) is 5.95 Å². The Kier molecular flexibility index (Phi) is 4.34. The average Bonchev–Trinajstić information content (AvgIpc) is 2.40. The molecule has 0 unspecified atom stereocenters. The number of anilines is 1. The fourth-order valence-corrected chi connectivity index (χ4v) is 1.72. The lowest BCUT2D eigenvalue weighted by molar-refractivity contribution is 0.242. The van der Waals surface area contributed by atoms with Crippen LogP contribution in [0.5, 0.6) is 5.75 Å². The van der Waals surface area contributed by atoms with E-state index in [1.54, 1.807) is 0 Å². The van der Waals surface area contributed by atoms with Crippen molar-refractivity contribution in [2.45, 2.75) is 26.9 Å². The highest BCUT2D eigenvalue weighted by atomic mass is 16.5. The monoisotopic (exact) mass is 257 g/mol. The summed E-state index contributed by atoms with van der Waals surface area (Å²) in [5.41, 5.74) is 2.08. The Morgan fingerprint density at radius 2 is 1.68 bits per heavy atom. The van der Waals surface area contributed by atoms with Crippen LogP contribution in [0.25, 0.3) is 11.1 Å². The van der Waals surface area contributed by atoms with Gasteiger partial charge >= 0.3 is 0 Å². The molecule has 0 saturated carbocycles. The lowest BCUT2D eigenvalue weighted by Gasteiger charge is -2.10. The molecule has 100 valence electrons. The van der Waals surface area contributed by atoms with Gasteiger partial charge in [-0.05, 0) is 38.5 Å². The summed E-state index contributed by atoms with van der Waals surface area (Å²) in [6.07, 6.45) is 3.83. The van der Waals surface area contributed by atoms with Gasteiger partial charge in [0, 0.05) is 24.5 Å². The predicted molar refractivity (Wildman–Crippen MR) is 77.4 cm³/mol. The van der Waals surface area contributed by atoms with E-state index in [1.165, 1.54) is 0 Å². The molecule has 1 aromatic heterocycles. The van der Waals surface area contributed by atoms with Crippen molar-refractivity contribution in [1.29, 1.82) is 0 Å². The van der Waals surface area contributed by atoms with Gasteiger partial charge in [-0.15, -0.1) is 0 Å². The van der Waals surface area contributed by atoms with E-state index in [2.05, 4.69) is 15.3 Å². The molecule has 0 amide bonds. The molecule has 1 aromatic carbocycles. The molecule has 1 heterocycles. The number of ether oxygens (including phenoxy) is 1. The van der Waals surface area contributed by atoms with Gasteiger partial charge in [-0.2, -0.15) is 0 Å². The zero-order chi connectivity index (χ0) is 13.7.